The zero-order valence-electron chi connectivity index (χ0n) is 20.7. The molecule has 0 spiro atoms. The van der Waals surface area contributed by atoms with Crippen molar-refractivity contribution in [1.29, 1.82) is 0 Å². The van der Waals surface area contributed by atoms with Crippen molar-refractivity contribution in [3.8, 4) is 0 Å². The Morgan fingerprint density at radius 1 is 1.18 bits per heavy atom. The van der Waals surface area contributed by atoms with Gasteiger partial charge in [-0.05, 0) is 86.8 Å². The first kappa shape index (κ1) is 24.0. The summed E-state index contributed by atoms with van der Waals surface area (Å²) in [5.41, 5.74) is 0.0174. The molecule has 4 aliphatic carbocycles. The van der Waals surface area contributed by atoms with Gasteiger partial charge in [-0.15, -0.1) is 0 Å². The molecular weight excluding hydrogens is 432 g/mol. The van der Waals surface area contributed by atoms with Gasteiger partial charge in [-0.1, -0.05) is 25.5 Å². The first-order valence-corrected chi connectivity index (χ1v) is 12.8. The lowest BCUT2D eigenvalue weighted by atomic mass is 9.46. The van der Waals surface area contributed by atoms with Gasteiger partial charge < -0.3 is 20.1 Å². The number of hydrogen-bond acceptors (Lipinski definition) is 6. The number of ether oxygens (including phenoxy) is 1. The smallest absolute Gasteiger partial charge is 0.336 e. The van der Waals surface area contributed by atoms with Crippen molar-refractivity contribution in [2.45, 2.75) is 84.0 Å². The van der Waals surface area contributed by atoms with Crippen LogP contribution < -0.4 is 0 Å². The molecule has 34 heavy (non-hydrogen) atoms. The maximum absolute atomic E-state index is 13.1. The summed E-state index contributed by atoms with van der Waals surface area (Å²) in [6, 6.07) is 0. The van der Waals surface area contributed by atoms with Gasteiger partial charge in [-0.25, -0.2) is 4.79 Å². The highest BCUT2D eigenvalue weighted by atomic mass is 16.5. The molecule has 0 aromatic carbocycles. The number of allylic oxidation sites excluding steroid dienone is 2. The average molecular weight is 471 g/mol. The van der Waals surface area contributed by atoms with Crippen molar-refractivity contribution in [3.63, 3.8) is 0 Å². The lowest BCUT2D eigenvalue weighted by Crippen LogP contribution is -2.59. The van der Waals surface area contributed by atoms with E-state index in [9.17, 15) is 24.9 Å². The lowest BCUT2D eigenvalue weighted by molar-refractivity contribution is -0.182. The van der Waals surface area contributed by atoms with Crippen LogP contribution in [0, 0.1) is 34.5 Å². The monoisotopic (exact) mass is 470 g/mol. The maximum Gasteiger partial charge on any atom is 0.336 e. The third kappa shape index (κ3) is 2.97. The molecule has 9 atom stereocenters. The number of esters is 1. The second kappa shape index (κ2) is 7.87. The zero-order valence-corrected chi connectivity index (χ0v) is 20.7. The largest absolute Gasteiger partial charge is 0.458 e. The van der Waals surface area contributed by atoms with Crippen molar-refractivity contribution in [2.75, 3.05) is 6.61 Å². The molecule has 0 aromatic rings. The lowest BCUT2D eigenvalue weighted by Gasteiger charge is -2.59. The molecule has 6 nitrogen and oxygen atoms in total. The van der Waals surface area contributed by atoms with Crippen molar-refractivity contribution in [1.82, 2.24) is 0 Å². The van der Waals surface area contributed by atoms with Crippen molar-refractivity contribution in [2.24, 2.45) is 34.5 Å². The van der Waals surface area contributed by atoms with Gasteiger partial charge >= 0.3 is 5.97 Å². The van der Waals surface area contributed by atoms with Crippen LogP contribution in [0.15, 0.2) is 34.9 Å². The predicted octanol–water partition coefficient (Wildman–Crippen LogP) is 3.26. The van der Waals surface area contributed by atoms with Crippen LogP contribution >= 0.6 is 0 Å². The van der Waals surface area contributed by atoms with E-state index < -0.39 is 29.2 Å². The molecule has 0 aromatic heterocycles. The van der Waals surface area contributed by atoms with E-state index in [1.807, 2.05) is 20.8 Å². The Morgan fingerprint density at radius 2 is 1.88 bits per heavy atom. The predicted molar refractivity (Wildman–Crippen MR) is 126 cm³/mol. The fraction of sp³-hybridized carbons (Fsp3) is 0.714. The van der Waals surface area contributed by atoms with E-state index in [4.69, 9.17) is 4.74 Å². The topological polar surface area (TPSA) is 104 Å². The average Bonchev–Trinajstić information content (AvgIpc) is 3.07. The van der Waals surface area contributed by atoms with Gasteiger partial charge in [0.2, 0.25) is 0 Å². The van der Waals surface area contributed by atoms with E-state index in [1.165, 1.54) is 0 Å². The standard InChI is InChI=1S/C28H38O6/c1-15-13-23(34-25(32)18(15)14-29)16(2)28(33)12-10-19-17-5-6-21-22(30)7-8-24(31)27(21,4)20(17)9-11-26(19,28)3/h6-8,16-17,19-20,22-23,29-30,33H,5,9-14H2,1-4H3. The number of cyclic esters (lactones) is 1. The summed E-state index contributed by atoms with van der Waals surface area (Å²) in [6.07, 6.45) is 8.62. The van der Waals surface area contributed by atoms with Gasteiger partial charge in [-0.3, -0.25) is 4.79 Å². The third-order valence-electron chi connectivity index (χ3n) is 10.9. The molecule has 0 bridgehead atoms. The van der Waals surface area contributed by atoms with E-state index in [-0.39, 0.29) is 41.5 Å². The maximum atomic E-state index is 13.1. The number of carbonyl (C=O) groups is 2. The summed E-state index contributed by atoms with van der Waals surface area (Å²) in [7, 11) is 0. The summed E-state index contributed by atoms with van der Waals surface area (Å²) in [5.74, 6) is 0.0427. The normalized spacial score (nSPS) is 46.9. The van der Waals surface area contributed by atoms with Crippen LogP contribution in [0.3, 0.4) is 0 Å². The number of aliphatic hydroxyl groups is 3. The molecule has 2 saturated carbocycles. The molecule has 6 heteroatoms. The van der Waals surface area contributed by atoms with Crippen molar-refractivity contribution < 1.29 is 29.6 Å². The minimum atomic E-state index is -0.981. The first-order chi connectivity index (χ1) is 16.0. The fourth-order valence-corrected chi connectivity index (χ4v) is 8.66. The van der Waals surface area contributed by atoms with Gasteiger partial charge in [0.25, 0.3) is 0 Å². The van der Waals surface area contributed by atoms with Crippen LogP contribution in [0.4, 0.5) is 0 Å². The quantitative estimate of drug-likeness (QED) is 0.432. The van der Waals surface area contributed by atoms with Gasteiger partial charge in [0.15, 0.2) is 5.78 Å². The molecule has 1 aliphatic heterocycles. The third-order valence-corrected chi connectivity index (χ3v) is 10.9. The van der Waals surface area contributed by atoms with E-state index in [0.29, 0.717) is 18.4 Å². The molecule has 5 aliphatic rings. The van der Waals surface area contributed by atoms with Crippen LogP contribution in [-0.4, -0.2) is 51.5 Å². The van der Waals surface area contributed by atoms with Crippen molar-refractivity contribution in [3.05, 3.63) is 34.9 Å². The molecule has 9 unspecified atom stereocenters. The zero-order chi connectivity index (χ0) is 24.6. The highest BCUT2D eigenvalue weighted by molar-refractivity contribution is 5.99. The Morgan fingerprint density at radius 3 is 2.56 bits per heavy atom. The molecule has 5 rings (SSSR count). The summed E-state index contributed by atoms with van der Waals surface area (Å²) < 4.78 is 5.74. The number of hydrogen-bond donors (Lipinski definition) is 3. The number of fused-ring (bicyclic) bond motifs is 5. The summed E-state index contributed by atoms with van der Waals surface area (Å²) in [5, 5.41) is 32.3. The van der Waals surface area contributed by atoms with E-state index in [0.717, 1.165) is 36.8 Å². The Kier molecular flexibility index (Phi) is 5.55. The van der Waals surface area contributed by atoms with E-state index in [2.05, 4.69) is 13.0 Å². The molecule has 1 heterocycles. The summed E-state index contributed by atoms with van der Waals surface area (Å²) in [4.78, 5) is 25.6. The highest BCUT2D eigenvalue weighted by Crippen LogP contribution is 2.68. The van der Waals surface area contributed by atoms with Crippen LogP contribution in [0.25, 0.3) is 0 Å². The first-order valence-electron chi connectivity index (χ1n) is 12.8. The molecule has 0 radical (unpaired) electrons. The minimum Gasteiger partial charge on any atom is -0.458 e. The number of rotatable bonds is 3. The van der Waals surface area contributed by atoms with Crippen LogP contribution in [-0.2, 0) is 14.3 Å². The van der Waals surface area contributed by atoms with Gasteiger partial charge in [-0.2, -0.15) is 0 Å². The Labute approximate surface area is 201 Å². The fourth-order valence-electron chi connectivity index (χ4n) is 8.66. The second-order valence-electron chi connectivity index (χ2n) is 11.9. The SMILES string of the molecule is CC1=C(CO)C(=O)OC(C(C)C2(O)CCC3C4CC=C5C(O)C=CC(=O)C5(C)C4CCC32C)C1. The number of aliphatic hydroxyl groups excluding tert-OH is 2. The number of ketones is 1. The minimum absolute atomic E-state index is 0.0834. The Balaban J connectivity index is 1.44. The molecule has 3 N–H and O–H groups in total. The van der Waals surface area contributed by atoms with Crippen LogP contribution in [0.5, 0.6) is 0 Å². The number of carbonyl (C=O) groups excluding carboxylic acids is 2. The molecular formula is C28H38O6. The van der Waals surface area contributed by atoms with Gasteiger partial charge in [0, 0.05) is 12.3 Å². The highest BCUT2D eigenvalue weighted by Gasteiger charge is 2.66. The second-order valence-corrected chi connectivity index (χ2v) is 11.9. The Bertz CT molecular complexity index is 1010. The molecule has 2 fully saturated rings. The van der Waals surface area contributed by atoms with E-state index >= 15 is 0 Å². The van der Waals surface area contributed by atoms with E-state index in [1.54, 1.807) is 12.2 Å². The van der Waals surface area contributed by atoms with Gasteiger partial charge in [0.05, 0.1) is 29.3 Å². The summed E-state index contributed by atoms with van der Waals surface area (Å²) >= 11 is 0. The summed E-state index contributed by atoms with van der Waals surface area (Å²) in [6.45, 7) is 7.74. The van der Waals surface area contributed by atoms with Crippen LogP contribution in [0.2, 0.25) is 0 Å². The molecule has 0 saturated heterocycles. The molecule has 0 amide bonds. The van der Waals surface area contributed by atoms with Crippen LogP contribution in [0.1, 0.15) is 66.2 Å². The van der Waals surface area contributed by atoms with Gasteiger partial charge in [0.1, 0.15) is 6.10 Å². The van der Waals surface area contributed by atoms with Crippen molar-refractivity contribution >= 4 is 11.8 Å². The molecule has 186 valence electrons. The Hall–Kier alpha value is -1.76.